The number of likely N-dealkylation sites (tertiary alicyclic amines) is 2. The molecule has 0 aromatic heterocycles. The number of alkyl carbamates (subject to hydrolysis) is 2. The fourth-order valence-electron chi connectivity index (χ4n) is 19.9. The van der Waals surface area contributed by atoms with Crippen molar-refractivity contribution in [3.8, 4) is 22.3 Å². The SMILES string of the molecule is C.C.C[C@H](CC(=O)[C@H](Cc1ccccc1)N(C)C(=O)[C@H](Cc1ccccc1)N(C)C(=O)[C@H](CC(=O)O)NC(=O)OCC1c2ccccc2-c2ccccc21)C(=O)N1CCCCC1.Cc1ccc(C(OC(=O)C[C@H](NC(=O)OCC2c3ccccc3-c3ccccc32)C(=O)N(C)[C@@H](Cc2ccccc2)C(=O)N(C)[C@@H](Cc2ccccc2)C(=O)C[C@@H](C)C(=O)N2CCCCC2)(c2ccccc2)c2ccccc2Cl)cc1. The Bertz CT molecular complexity index is 6130. The van der Waals surface area contributed by atoms with E-state index in [1.54, 1.807) is 57.3 Å². The minimum absolute atomic E-state index is 0. The number of amides is 8. The molecule has 2 heterocycles. The number of nitrogens with one attached hydrogen (secondary N) is 2. The summed E-state index contributed by atoms with van der Waals surface area (Å²) in [6.45, 7) is 7.91. The number of Topliss-reactive ketones (excluding diaryl/α,β-unsaturated/α-hetero) is 2. The zero-order valence-corrected chi connectivity index (χ0v) is 81.6. The monoisotopic (exact) mass is 1950 g/mol. The fraction of sp³-hybridized carbons (Fsp3) is 0.339. The van der Waals surface area contributed by atoms with Crippen molar-refractivity contribution in [1.29, 1.82) is 0 Å². The maximum Gasteiger partial charge on any atom is 0.407 e. The second-order valence-electron chi connectivity index (χ2n) is 37.2. The van der Waals surface area contributed by atoms with Gasteiger partial charge in [0.05, 0.1) is 24.9 Å². The number of ether oxygens (including phenoxy) is 3. The first-order valence-electron chi connectivity index (χ1n) is 48.6. The number of hydrogen-bond acceptors (Lipinski definition) is 15. The van der Waals surface area contributed by atoms with Gasteiger partial charge in [-0.15, -0.1) is 0 Å². The van der Waals surface area contributed by atoms with Crippen LogP contribution in [0, 0.1) is 18.8 Å². The maximum atomic E-state index is 15.6. The molecule has 2 aliphatic carbocycles. The Morgan fingerprint density at radius 3 is 1.02 bits per heavy atom. The van der Waals surface area contributed by atoms with E-state index in [0.717, 1.165) is 110 Å². The van der Waals surface area contributed by atoms with Gasteiger partial charge in [-0.2, -0.15) is 0 Å². The highest BCUT2D eigenvalue weighted by atomic mass is 35.5. The molecule has 4 aliphatic rings. The number of nitrogens with zero attached hydrogens (tertiary/aromatic N) is 6. The molecular weight excluding hydrogens is 1820 g/mol. The van der Waals surface area contributed by atoms with Crippen LogP contribution in [-0.2, 0) is 93.4 Å². The van der Waals surface area contributed by atoms with Crippen LogP contribution in [0.2, 0.25) is 5.02 Å². The zero-order chi connectivity index (χ0) is 99.8. The molecule has 746 valence electrons. The van der Waals surface area contributed by atoms with Crippen LogP contribution in [0.25, 0.3) is 22.3 Å². The first-order chi connectivity index (χ1) is 68.1. The highest BCUT2D eigenvalue weighted by molar-refractivity contribution is 6.31. The van der Waals surface area contributed by atoms with Gasteiger partial charge in [-0.1, -0.05) is 337 Å². The summed E-state index contributed by atoms with van der Waals surface area (Å²) in [7, 11) is 5.92. The molecule has 2 fully saturated rings. The van der Waals surface area contributed by atoms with Gasteiger partial charge in [0.1, 0.15) is 37.4 Å². The molecular formula is C118H131ClN8O16. The molecule has 25 heteroatoms. The quantitative estimate of drug-likeness (QED) is 0.0184. The van der Waals surface area contributed by atoms with Crippen molar-refractivity contribution < 1.29 is 76.9 Å². The number of fused-ring (bicyclic) bond motifs is 6. The van der Waals surface area contributed by atoms with Gasteiger partial charge in [0, 0.05) is 125 Å². The van der Waals surface area contributed by atoms with Crippen molar-refractivity contribution in [2.45, 2.75) is 179 Å². The van der Waals surface area contributed by atoms with E-state index in [9.17, 15) is 48.3 Å². The van der Waals surface area contributed by atoms with Gasteiger partial charge >= 0.3 is 24.1 Å². The Hall–Kier alpha value is -14.7. The predicted octanol–water partition coefficient (Wildman–Crippen LogP) is 18.9. The Labute approximate surface area is 844 Å². The Kier molecular flexibility index (Phi) is 38.0. The summed E-state index contributed by atoms with van der Waals surface area (Å²) in [4.78, 5) is 180. The molecule has 11 aromatic rings. The van der Waals surface area contributed by atoms with Crippen molar-refractivity contribution in [2.75, 3.05) is 67.6 Å². The lowest BCUT2D eigenvalue weighted by Crippen LogP contribution is -2.58. The topological polar surface area (TPSA) is 296 Å². The normalized spacial score (nSPS) is 15.0. The number of likely N-dealkylation sites (N-methyl/N-ethyl adjacent to an activating group) is 4. The smallest absolute Gasteiger partial charge is 0.407 e. The van der Waals surface area contributed by atoms with Crippen LogP contribution in [0.5, 0.6) is 0 Å². The van der Waals surface area contributed by atoms with Crippen molar-refractivity contribution in [2.24, 2.45) is 11.8 Å². The molecule has 1 unspecified atom stereocenters. The number of carboxylic acid groups (broad SMARTS) is 1. The van der Waals surface area contributed by atoms with Crippen LogP contribution in [0.15, 0.2) is 297 Å². The van der Waals surface area contributed by atoms with E-state index < -0.39 is 114 Å². The van der Waals surface area contributed by atoms with E-state index in [-0.39, 0.29) is 102 Å². The highest BCUT2D eigenvalue weighted by Gasteiger charge is 2.47. The molecule has 3 N–H and O–H groups in total. The number of aryl methyl sites for hydroxylation is 1. The summed E-state index contributed by atoms with van der Waals surface area (Å²) < 4.78 is 18.5. The molecule has 15 rings (SSSR count). The third-order valence-corrected chi connectivity index (χ3v) is 28.0. The number of hydrogen-bond donors (Lipinski definition) is 3. The number of aliphatic carboxylic acids is 1. The first kappa shape index (κ1) is 107. The zero-order valence-electron chi connectivity index (χ0n) is 80.8. The molecule has 8 amide bonds. The number of carboxylic acids is 1. The molecule has 0 bridgehead atoms. The van der Waals surface area contributed by atoms with Crippen molar-refractivity contribution >= 4 is 82.7 Å². The van der Waals surface area contributed by atoms with Gasteiger partial charge in [-0.3, -0.25) is 47.9 Å². The molecule has 11 aromatic carbocycles. The minimum Gasteiger partial charge on any atom is -0.481 e. The predicted molar refractivity (Wildman–Crippen MR) is 555 cm³/mol. The van der Waals surface area contributed by atoms with E-state index in [0.29, 0.717) is 53.5 Å². The van der Waals surface area contributed by atoms with E-state index in [4.69, 9.17) is 25.8 Å². The third kappa shape index (κ3) is 26.4. The Balaban J connectivity index is 0.000000263. The molecule has 24 nitrogen and oxygen atoms in total. The number of carbonyl (C=O) groups is 12. The van der Waals surface area contributed by atoms with Crippen LogP contribution in [-0.4, -0.2) is 209 Å². The van der Waals surface area contributed by atoms with E-state index in [2.05, 4.69) is 10.6 Å². The van der Waals surface area contributed by atoms with E-state index in [1.807, 2.05) is 278 Å². The van der Waals surface area contributed by atoms with Crippen LogP contribution < -0.4 is 10.6 Å². The van der Waals surface area contributed by atoms with Crippen LogP contribution in [0.4, 0.5) is 9.59 Å². The average Bonchev–Trinajstić information content (AvgIpc) is 1.64. The van der Waals surface area contributed by atoms with Crippen molar-refractivity contribution in [3.63, 3.8) is 0 Å². The summed E-state index contributed by atoms with van der Waals surface area (Å²) in [6, 6.07) is 84.5. The number of ketones is 2. The summed E-state index contributed by atoms with van der Waals surface area (Å²) in [6.07, 6.45) is 2.52. The lowest BCUT2D eigenvalue weighted by Gasteiger charge is -2.37. The number of carbonyl (C=O) groups excluding carboxylic acids is 11. The number of esters is 1. The summed E-state index contributed by atoms with van der Waals surface area (Å²) >= 11 is 7.06. The molecule has 143 heavy (non-hydrogen) atoms. The molecule has 9 atom stereocenters. The largest absolute Gasteiger partial charge is 0.481 e. The maximum absolute atomic E-state index is 15.6. The Morgan fingerprint density at radius 2 is 0.671 bits per heavy atom. The van der Waals surface area contributed by atoms with Gasteiger partial charge in [0.2, 0.25) is 35.4 Å². The van der Waals surface area contributed by atoms with Gasteiger partial charge < -0.3 is 59.4 Å². The summed E-state index contributed by atoms with van der Waals surface area (Å²) in [5, 5.41) is 15.4. The number of piperidine rings is 2. The highest BCUT2D eigenvalue weighted by Crippen LogP contribution is 2.48. The lowest BCUT2D eigenvalue weighted by molar-refractivity contribution is -0.156. The van der Waals surface area contributed by atoms with Crippen LogP contribution >= 0.6 is 11.6 Å². The van der Waals surface area contributed by atoms with Crippen LogP contribution in [0.3, 0.4) is 0 Å². The number of benzene rings is 11. The van der Waals surface area contributed by atoms with Crippen molar-refractivity contribution in [1.82, 2.24) is 40.0 Å². The van der Waals surface area contributed by atoms with E-state index in [1.165, 1.54) is 35.8 Å². The van der Waals surface area contributed by atoms with Crippen molar-refractivity contribution in [3.05, 3.63) is 369 Å². The standard InChI is InChI=1S/C68H69ClN4O8.C48H54N4O8.2CH4/c1-46-35-37-51(38-36-46)68(50-27-13-7-14-28-50,57-33-19-20-34-58(57)69)81-63(75)44-59(70-67(79)80-45-56-54-31-17-15-29-52(54)53-30-16-18-32-55(53)56)65(77)72(4)61(43-49-25-11-6-12-26-49)66(78)71(3)60(42-48-23-9-5-10-24-48)62(74)41-47(2)64(76)73-39-21-8-22-40-73;1-32(45(56)52-25-15-6-16-26-52)27-43(53)41(28-33-17-7-4-8-18-33)50(2)47(58)42(29-34-19-9-5-10-20-34)51(3)46(57)40(30-44(54)55)49-48(59)60-31-39-37-23-13-11-21-35(37)36-22-12-14-24-38(36)39;;/h5-7,9-20,23-38,47,56,59-61H,8,21-22,39-45H2,1-4H3,(H,70,79);4-5,7-14,17-24,32,39-42H,6,15-16,25-31H2,1-3H3,(H,49,59)(H,54,55);2*1H4/t47-,59+,60+,61+,68?;32-,40+,41+,42+;;/m11../s1. The van der Waals surface area contributed by atoms with Gasteiger partial charge in [-0.05, 0) is 131 Å². The average molecular weight is 1950 g/mol. The van der Waals surface area contributed by atoms with Gasteiger partial charge in [0.15, 0.2) is 17.2 Å². The molecule has 2 aliphatic heterocycles. The van der Waals surface area contributed by atoms with E-state index >= 15 is 14.4 Å². The molecule has 0 spiro atoms. The molecule has 0 saturated carbocycles. The minimum atomic E-state index is -1.66. The molecule has 0 radical (unpaired) electrons. The second kappa shape index (κ2) is 50.6. The van der Waals surface area contributed by atoms with Gasteiger partial charge in [0.25, 0.3) is 0 Å². The third-order valence-electron chi connectivity index (χ3n) is 27.6. The van der Waals surface area contributed by atoms with Crippen LogP contribution in [0.1, 0.15) is 172 Å². The lowest BCUT2D eigenvalue weighted by atomic mass is 9.79. The number of rotatable bonds is 38. The Morgan fingerprint density at radius 1 is 0.371 bits per heavy atom. The first-order valence-corrected chi connectivity index (χ1v) is 48.9. The summed E-state index contributed by atoms with van der Waals surface area (Å²) in [5.74, 6) is -7.54. The summed E-state index contributed by atoms with van der Waals surface area (Å²) in [5.41, 5.74) is 12.0. The van der Waals surface area contributed by atoms with Gasteiger partial charge in [-0.25, -0.2) is 9.59 Å². The second-order valence-corrected chi connectivity index (χ2v) is 37.7. The fourth-order valence-corrected chi connectivity index (χ4v) is 20.2. The number of halogens is 1. The molecule has 2 saturated heterocycles.